The zero-order chi connectivity index (χ0) is 96.2. The van der Waals surface area contributed by atoms with E-state index >= 15 is 0 Å². The first-order valence-corrected chi connectivity index (χ1v) is 55.9. The molecule has 0 saturated heterocycles. The molecule has 720 valence electrons. The van der Waals surface area contributed by atoms with E-state index in [9.17, 15) is 73.3 Å². The molecule has 138 heavy (non-hydrogen) atoms. The van der Waals surface area contributed by atoms with Gasteiger partial charge < -0.3 is 51.1 Å². The number of unbranched alkanes of at least 4 members (excludes halogenated alkanes) is 5. The van der Waals surface area contributed by atoms with E-state index in [1.807, 2.05) is 177 Å². The zero-order valence-electron chi connectivity index (χ0n) is 77.6. The maximum atomic E-state index is 11.9. The van der Waals surface area contributed by atoms with Gasteiger partial charge in [-0.2, -0.15) is 25.3 Å². The fraction of sp³-hybridized carbons (Fsp3) is 0.320. The number of halogens is 2. The number of thioether (sulfide) groups is 1. The molecule has 1 atom stereocenters. The molecule has 0 radical (unpaired) electrons. The summed E-state index contributed by atoms with van der Waals surface area (Å²) in [5, 5.41) is 6.63. The number of furan rings is 3. The minimum Gasteiger partial charge on any atom is -0.748 e. The Morgan fingerprint density at radius 1 is 0.420 bits per heavy atom. The van der Waals surface area contributed by atoms with Crippen LogP contribution in [0, 0.1) is 13.8 Å². The molecule has 0 aliphatic carbocycles. The number of ether oxygens (including phenoxy) is 2. The van der Waals surface area contributed by atoms with Crippen LogP contribution in [0.4, 0.5) is 17.1 Å². The number of allylic oxidation sites excluding steroid dienone is 6. The average molecular weight is 2190 g/mol. The summed E-state index contributed by atoms with van der Waals surface area (Å²) in [4.78, 5) is 7.02. The van der Waals surface area contributed by atoms with Gasteiger partial charge in [0.05, 0.1) is 75.0 Å². The Bertz CT molecular complexity index is 7350. The van der Waals surface area contributed by atoms with E-state index in [1.54, 1.807) is 16.7 Å². The van der Waals surface area contributed by atoms with E-state index in [1.165, 1.54) is 18.1 Å². The molecular formula is C100H108Br2KN3Na2O23S7. The van der Waals surface area contributed by atoms with Crippen molar-refractivity contribution >= 4 is 194 Å². The van der Waals surface area contributed by atoms with Crippen molar-refractivity contribution in [1.29, 1.82) is 0 Å². The van der Waals surface area contributed by atoms with Crippen LogP contribution in [0.2, 0.25) is 0 Å². The van der Waals surface area contributed by atoms with Gasteiger partial charge in [-0.1, -0.05) is 157 Å². The van der Waals surface area contributed by atoms with Gasteiger partial charge in [-0.15, -0.1) is 0 Å². The van der Waals surface area contributed by atoms with Gasteiger partial charge in [0.25, 0.3) is 30.4 Å². The van der Waals surface area contributed by atoms with E-state index in [4.69, 9.17) is 27.3 Å². The summed E-state index contributed by atoms with van der Waals surface area (Å²) in [6.45, 7) is 12.6. The van der Waals surface area contributed by atoms with Crippen LogP contribution < -0.4 is 135 Å². The van der Waals surface area contributed by atoms with Crippen molar-refractivity contribution in [2.24, 2.45) is 0 Å². The van der Waals surface area contributed by atoms with Gasteiger partial charge in [0.2, 0.25) is 11.8 Å². The minimum absolute atomic E-state index is 0. The largest absolute Gasteiger partial charge is 1.00 e. The second-order valence-electron chi connectivity index (χ2n) is 33.3. The van der Waals surface area contributed by atoms with Crippen LogP contribution >= 0.6 is 43.6 Å². The standard InChI is InChI=1S/C36H41NO7S3.C35H35NO8S2.C28H31Br2NO8S2.CH4.K.2Na/c1-4-27(23-36-37(17-9-11-19-47(41,42)43)32-20-25(2)26(3)21-35(32)45-36)22-34-30(14-8-10-18-46(38,39)40)31-24-29(15-16-33(31)44-34)28-12-6-5-7-13-28;1-3-24(17-35-36(22-23(2)46(40,41)42)31-19-26-11-5-7-13-28(26)21-34(31)44-35)16-32-29(14-8-9-15-45(37,38)39)30-18-25-10-4-6-12-27(25)20-33(30)43-32;1-2-19(15-27-22(7-3-5-13-40(32,33)34)23-17-20(29)8-10-25(23)38-27)16-28-31(12-4-6-14-41(35,36)37)24-18-21(30)9-11-26(24)39-28;;;;/h5-7,12-13,15-16,20-24H,4,8-11,14,17-19H2,1-3H3,(H,38,39,40)(H,41,42,43);4-7,10-13,16-21,23H,3,8-9,14-15,22H2,1-2H3,(H,37,38,39)(H,40,41,42);8-11,15-18H,2-7,12-14H2,1H3,(H,32,33,34)(H,35,36,37);1H4;;;/q;;;;3*+1/p-3/b27-22-,36-23+;24-16+,35-17-;19-15-,28-16+;;;;. The molecule has 0 fully saturated rings. The number of aryl methyl sites for hydroxylation is 5. The summed E-state index contributed by atoms with van der Waals surface area (Å²) < 4.78 is 231. The molecule has 0 bridgehead atoms. The molecule has 3 aliphatic heterocycles. The van der Waals surface area contributed by atoms with Crippen LogP contribution in [0.5, 0.6) is 11.5 Å². The third-order valence-electron chi connectivity index (χ3n) is 23.4. The number of benzene rings is 9. The van der Waals surface area contributed by atoms with Crippen LogP contribution in [0.25, 0.3) is 83.8 Å². The minimum atomic E-state index is -4.56. The molecule has 12 aromatic rings. The molecule has 3 aliphatic rings. The molecular weight excluding hydrogens is 2080 g/mol. The predicted octanol–water partition coefficient (Wildman–Crippen LogP) is 14.6. The number of hydrogen-bond acceptors (Lipinski definition) is 24. The van der Waals surface area contributed by atoms with Crippen molar-refractivity contribution in [2.45, 2.75) is 162 Å². The molecule has 0 saturated carbocycles. The average Bonchev–Trinajstić information content (AvgIpc) is 1.63. The summed E-state index contributed by atoms with van der Waals surface area (Å²) in [5.41, 5.74) is 14.8. The molecule has 9 aromatic carbocycles. The second kappa shape index (κ2) is 51.1. The van der Waals surface area contributed by atoms with Gasteiger partial charge >= 0.3 is 110 Å². The Kier molecular flexibility index (Phi) is 42.8. The Hall–Kier alpha value is -6.03. The molecule has 1 unspecified atom stereocenters. The monoisotopic (exact) mass is 2190 g/mol. The number of fused-ring (bicyclic) bond motifs is 8. The molecule has 0 amide bonds. The quantitative estimate of drug-likeness (QED) is 0.0184. The van der Waals surface area contributed by atoms with Crippen molar-refractivity contribution < 1.29 is 211 Å². The van der Waals surface area contributed by atoms with Crippen LogP contribution in [0.15, 0.2) is 249 Å². The van der Waals surface area contributed by atoms with Crippen molar-refractivity contribution in [2.75, 3.05) is 63.1 Å². The summed E-state index contributed by atoms with van der Waals surface area (Å²) in [6.07, 6.45) is 19.6. The molecule has 6 heterocycles. The van der Waals surface area contributed by atoms with Gasteiger partial charge in [0.15, 0.2) is 11.5 Å². The Labute approximate surface area is 916 Å². The number of hydrogen-bond donors (Lipinski definition) is 3. The molecule has 3 N–H and O–H groups in total. The Morgan fingerprint density at radius 2 is 0.833 bits per heavy atom. The number of rotatable bonds is 38. The van der Waals surface area contributed by atoms with Gasteiger partial charge in [-0.25, -0.2) is 25.3 Å². The third-order valence-corrected chi connectivity index (χ3v) is 30.6. The predicted molar refractivity (Wildman–Crippen MR) is 543 cm³/mol. The topological polar surface area (TPSA) is 402 Å². The van der Waals surface area contributed by atoms with Crippen LogP contribution in [0.3, 0.4) is 0 Å². The smallest absolute Gasteiger partial charge is 0.748 e. The first kappa shape index (κ1) is 116. The SMILES string of the molecule is C.CCC(/C=C1\Oc2cc3ccccc3cc2N1CC(C)S(=O)(=O)[O-])=C\c1oc2cc3ccccc3cc2c1CCCCS(=O)(=O)O.CCC(=C/c1oc2ccc(-c3ccccc3)cc2c1CCCCS(=O)(=O)O)/C=C1/Sc2cc(C)c(C)cc2N1CCCCS(=O)(=O)[O-].CCC(=C/c1oc2ccc(Br)cc2c1CCCCS(=O)(=O)O)/C=C1/Oc2ccc(Br)cc2N1CCCCS(=O)(=O)[O-].[K+].[Na+].[Na+]. The molecule has 26 nitrogen and oxygen atoms in total. The van der Waals surface area contributed by atoms with Gasteiger partial charge in [-0.3, -0.25) is 13.7 Å². The fourth-order valence-electron chi connectivity index (χ4n) is 16.2. The third kappa shape index (κ3) is 32.2. The summed E-state index contributed by atoms with van der Waals surface area (Å²) in [5.74, 6) is 2.49. The van der Waals surface area contributed by atoms with Crippen LogP contribution in [-0.4, -0.2) is 131 Å². The van der Waals surface area contributed by atoms with E-state index in [0.717, 1.165) is 124 Å². The zero-order valence-corrected chi connectivity index (χ0v) is 93.7. The molecule has 15 rings (SSSR count). The summed E-state index contributed by atoms with van der Waals surface area (Å²) >= 11 is 8.68. The van der Waals surface area contributed by atoms with E-state index in [0.29, 0.717) is 160 Å². The Balaban J connectivity index is 0.000000229. The van der Waals surface area contributed by atoms with E-state index in [-0.39, 0.29) is 154 Å². The first-order valence-electron chi connectivity index (χ1n) is 44.0. The number of anilines is 3. The van der Waals surface area contributed by atoms with Crippen molar-refractivity contribution in [3.8, 4) is 22.6 Å². The maximum absolute atomic E-state index is 11.9. The van der Waals surface area contributed by atoms with Crippen molar-refractivity contribution in [3.05, 3.63) is 276 Å². The summed E-state index contributed by atoms with van der Waals surface area (Å²) in [7, 11) is -25.2. The van der Waals surface area contributed by atoms with E-state index in [2.05, 4.69) is 106 Å². The van der Waals surface area contributed by atoms with Gasteiger partial charge in [0, 0.05) is 90.0 Å². The molecule has 0 spiro atoms. The fourth-order valence-corrected chi connectivity index (χ4v) is 21.3. The van der Waals surface area contributed by atoms with Gasteiger partial charge in [-0.05, 0) is 293 Å². The van der Waals surface area contributed by atoms with Crippen molar-refractivity contribution in [3.63, 3.8) is 0 Å². The van der Waals surface area contributed by atoms with Crippen molar-refractivity contribution in [1.82, 2.24) is 0 Å². The molecule has 38 heteroatoms. The normalized spacial score (nSPS) is 14.7. The second-order valence-corrected chi connectivity index (χ2v) is 45.7. The Morgan fingerprint density at radius 3 is 1.34 bits per heavy atom. The van der Waals surface area contributed by atoms with Crippen LogP contribution in [0.1, 0.15) is 164 Å². The van der Waals surface area contributed by atoms with E-state index < -0.39 is 71.7 Å². The summed E-state index contributed by atoms with van der Waals surface area (Å²) in [6, 6.07) is 55.6. The first-order chi connectivity index (χ1) is 63.5. The van der Waals surface area contributed by atoms with Crippen LogP contribution in [-0.2, 0) is 80.0 Å². The number of nitrogens with zero attached hydrogens (tertiary/aromatic N) is 3. The maximum Gasteiger partial charge on any atom is 1.00 e. The van der Waals surface area contributed by atoms with Gasteiger partial charge in [0.1, 0.15) is 34.0 Å². The molecule has 3 aromatic heterocycles.